The topological polar surface area (TPSA) is 184 Å². The van der Waals surface area contributed by atoms with Crippen LogP contribution in [0.25, 0.3) is 10.4 Å². The third kappa shape index (κ3) is 8.38. The number of ether oxygens (including phenoxy) is 3. The Morgan fingerprint density at radius 1 is 1.13 bits per heavy atom. The fraction of sp³-hybridized carbons (Fsp3) is 0.517. The molecule has 0 unspecified atom stereocenters. The molecule has 16 heteroatoms. The van der Waals surface area contributed by atoms with Gasteiger partial charge in [-0.25, -0.2) is 13.2 Å². The summed E-state index contributed by atoms with van der Waals surface area (Å²) in [6, 6.07) is 9.18. The van der Waals surface area contributed by atoms with Gasteiger partial charge in [-0.15, -0.1) is 0 Å². The molecule has 2 aliphatic heterocycles. The van der Waals surface area contributed by atoms with Crippen LogP contribution in [0, 0.1) is 0 Å². The highest BCUT2D eigenvalue weighted by Gasteiger charge is 2.42. The standard InChI is InChI=1S/C29H39N7O7S2/c1-4-43-19-10-12-20(13-11-19)45(39,40)36(23-17-24(41-2)21(34-35-30)16-25(23)42-3)15-7-14-31-27(37)9-6-5-8-26-28-22(18-44-26)32-29(38)33-28/h10-13,16-17,22,26,28H,4-9,14-15,18H2,1-3H3,(H,31,37)(H2,32,33,38)/t22-,26-,28-/m0/s1. The number of rotatable bonds is 17. The number of azide groups is 1. The number of hydrogen-bond donors (Lipinski definition) is 3. The number of carbonyl (C=O) groups is 2. The lowest BCUT2D eigenvalue weighted by atomic mass is 10.0. The molecule has 2 fully saturated rings. The number of hydrogen-bond acceptors (Lipinski definition) is 9. The summed E-state index contributed by atoms with van der Waals surface area (Å²) in [4.78, 5) is 27.0. The Labute approximate surface area is 267 Å². The van der Waals surface area contributed by atoms with Crippen LogP contribution in [-0.4, -0.2) is 77.4 Å². The molecule has 2 aromatic rings. The zero-order valence-electron chi connectivity index (χ0n) is 25.5. The van der Waals surface area contributed by atoms with E-state index in [0.29, 0.717) is 36.9 Å². The molecule has 0 spiro atoms. The van der Waals surface area contributed by atoms with E-state index in [1.807, 2.05) is 18.7 Å². The van der Waals surface area contributed by atoms with Gasteiger partial charge < -0.3 is 30.2 Å². The predicted molar refractivity (Wildman–Crippen MR) is 172 cm³/mol. The second-order valence-corrected chi connectivity index (χ2v) is 13.6. The lowest BCUT2D eigenvalue weighted by Crippen LogP contribution is -2.36. The van der Waals surface area contributed by atoms with Crippen molar-refractivity contribution in [1.82, 2.24) is 16.0 Å². The molecule has 3 atom stereocenters. The minimum Gasteiger partial charge on any atom is -0.496 e. The lowest BCUT2D eigenvalue weighted by Gasteiger charge is -2.27. The minimum atomic E-state index is -4.11. The SMILES string of the molecule is CCOc1ccc(S(=O)(=O)N(CCCNC(=O)CCCC[C@@H]2SC[C@@H]3NC(=O)N[C@@H]32)c2cc(OC)c(N=[N+]=[N-])cc2OC)cc1. The number of nitrogens with zero attached hydrogens (tertiary/aromatic N) is 4. The molecular weight excluding hydrogens is 622 g/mol. The number of carbonyl (C=O) groups excluding carboxylic acids is 2. The van der Waals surface area contributed by atoms with Crippen molar-refractivity contribution in [3.8, 4) is 17.2 Å². The molecule has 2 heterocycles. The number of fused-ring (bicyclic) bond motifs is 1. The Bertz CT molecular complexity index is 1500. The van der Waals surface area contributed by atoms with E-state index < -0.39 is 10.0 Å². The molecule has 244 valence electrons. The van der Waals surface area contributed by atoms with Crippen molar-refractivity contribution in [2.45, 2.75) is 61.3 Å². The molecule has 0 aliphatic carbocycles. The number of amides is 3. The van der Waals surface area contributed by atoms with E-state index in [2.05, 4.69) is 26.0 Å². The van der Waals surface area contributed by atoms with Gasteiger partial charge in [-0.3, -0.25) is 9.10 Å². The first-order valence-electron chi connectivity index (χ1n) is 14.7. The van der Waals surface area contributed by atoms with Crippen LogP contribution in [0.2, 0.25) is 0 Å². The largest absolute Gasteiger partial charge is 0.496 e. The van der Waals surface area contributed by atoms with Gasteiger partial charge in [0.2, 0.25) is 5.91 Å². The van der Waals surface area contributed by atoms with E-state index in [1.54, 1.807) is 12.1 Å². The predicted octanol–water partition coefficient (Wildman–Crippen LogP) is 4.47. The summed E-state index contributed by atoms with van der Waals surface area (Å²) in [6.45, 7) is 2.54. The smallest absolute Gasteiger partial charge is 0.315 e. The first-order chi connectivity index (χ1) is 21.7. The fourth-order valence-electron chi connectivity index (χ4n) is 5.37. The Hall–Kier alpha value is -4.01. The van der Waals surface area contributed by atoms with Gasteiger partial charge in [0.05, 0.1) is 49.2 Å². The summed E-state index contributed by atoms with van der Waals surface area (Å²) in [6.07, 6.45) is 3.17. The third-order valence-corrected chi connectivity index (χ3v) is 10.9. The molecule has 2 aliphatic rings. The van der Waals surface area contributed by atoms with Gasteiger partial charge in [-0.1, -0.05) is 11.5 Å². The zero-order valence-corrected chi connectivity index (χ0v) is 27.2. The van der Waals surface area contributed by atoms with Crippen molar-refractivity contribution in [1.29, 1.82) is 0 Å². The van der Waals surface area contributed by atoms with Crippen LogP contribution in [0.3, 0.4) is 0 Å². The fourth-order valence-corrected chi connectivity index (χ4v) is 8.42. The van der Waals surface area contributed by atoms with Crippen LogP contribution in [0.1, 0.15) is 39.0 Å². The van der Waals surface area contributed by atoms with E-state index in [0.717, 1.165) is 18.6 Å². The molecule has 0 radical (unpaired) electrons. The molecule has 4 rings (SSSR count). The second-order valence-electron chi connectivity index (χ2n) is 10.4. The van der Waals surface area contributed by atoms with Crippen LogP contribution >= 0.6 is 11.8 Å². The van der Waals surface area contributed by atoms with Crippen molar-refractivity contribution >= 4 is 45.1 Å². The van der Waals surface area contributed by atoms with E-state index in [9.17, 15) is 18.0 Å². The van der Waals surface area contributed by atoms with Crippen molar-refractivity contribution < 1.29 is 32.2 Å². The first-order valence-corrected chi connectivity index (χ1v) is 17.2. The van der Waals surface area contributed by atoms with Gasteiger partial charge in [-0.2, -0.15) is 11.8 Å². The summed E-state index contributed by atoms with van der Waals surface area (Å²) < 4.78 is 45.5. The third-order valence-electron chi connectivity index (χ3n) is 7.57. The quantitative estimate of drug-likeness (QED) is 0.0729. The summed E-state index contributed by atoms with van der Waals surface area (Å²) in [5, 5.41) is 12.8. The molecule has 3 amide bonds. The summed E-state index contributed by atoms with van der Waals surface area (Å²) in [5.41, 5.74) is 9.29. The normalized spacial score (nSPS) is 18.6. The lowest BCUT2D eigenvalue weighted by molar-refractivity contribution is -0.121. The van der Waals surface area contributed by atoms with Crippen molar-refractivity contribution in [2.75, 3.05) is 44.0 Å². The van der Waals surface area contributed by atoms with E-state index in [-0.39, 0.29) is 64.9 Å². The maximum Gasteiger partial charge on any atom is 0.315 e. The first kappa shape index (κ1) is 33.9. The second kappa shape index (κ2) is 15.8. The summed E-state index contributed by atoms with van der Waals surface area (Å²) >= 11 is 1.85. The van der Waals surface area contributed by atoms with Crippen molar-refractivity contribution in [3.05, 3.63) is 46.8 Å². The molecule has 2 aromatic carbocycles. The highest BCUT2D eigenvalue weighted by Crippen LogP contribution is 2.42. The molecule has 45 heavy (non-hydrogen) atoms. The van der Waals surface area contributed by atoms with Gasteiger partial charge in [0.1, 0.15) is 17.2 Å². The number of urea groups is 1. The maximum absolute atomic E-state index is 14.0. The van der Waals surface area contributed by atoms with Crippen LogP contribution < -0.4 is 34.5 Å². The number of benzene rings is 2. The van der Waals surface area contributed by atoms with Crippen molar-refractivity contribution in [2.24, 2.45) is 5.11 Å². The van der Waals surface area contributed by atoms with E-state index in [1.165, 1.54) is 42.8 Å². The summed E-state index contributed by atoms with van der Waals surface area (Å²) in [5.74, 6) is 1.66. The van der Waals surface area contributed by atoms with Crippen LogP contribution in [-0.2, 0) is 14.8 Å². The van der Waals surface area contributed by atoms with Gasteiger partial charge in [0, 0.05) is 41.5 Å². The average Bonchev–Trinajstić information content (AvgIpc) is 3.58. The Morgan fingerprint density at radius 3 is 2.58 bits per heavy atom. The van der Waals surface area contributed by atoms with Crippen LogP contribution in [0.5, 0.6) is 17.2 Å². The molecular formula is C29H39N7O7S2. The Morgan fingerprint density at radius 2 is 1.89 bits per heavy atom. The molecule has 14 nitrogen and oxygen atoms in total. The van der Waals surface area contributed by atoms with E-state index >= 15 is 0 Å². The number of sulfonamides is 1. The zero-order chi connectivity index (χ0) is 32.4. The van der Waals surface area contributed by atoms with Gasteiger partial charge in [-0.05, 0) is 62.0 Å². The molecule has 0 bridgehead atoms. The molecule has 0 aromatic heterocycles. The Kier molecular flexibility index (Phi) is 11.9. The van der Waals surface area contributed by atoms with E-state index in [4.69, 9.17) is 19.7 Å². The van der Waals surface area contributed by atoms with Gasteiger partial charge >= 0.3 is 6.03 Å². The maximum atomic E-state index is 14.0. The Balaban J connectivity index is 1.40. The number of unbranched alkanes of at least 4 members (excludes halogenated alkanes) is 1. The monoisotopic (exact) mass is 661 g/mol. The molecule has 3 N–H and O–H groups in total. The number of methoxy groups -OCH3 is 2. The van der Waals surface area contributed by atoms with Crippen LogP contribution in [0.4, 0.5) is 16.2 Å². The van der Waals surface area contributed by atoms with Gasteiger partial charge in [0.25, 0.3) is 10.0 Å². The minimum absolute atomic E-state index is 0.0113. The molecule has 2 saturated heterocycles. The summed E-state index contributed by atoms with van der Waals surface area (Å²) in [7, 11) is -1.34. The average molecular weight is 662 g/mol. The van der Waals surface area contributed by atoms with Gasteiger partial charge in [0.15, 0.2) is 0 Å². The number of anilines is 1. The number of nitrogens with one attached hydrogen (secondary N) is 3. The highest BCUT2D eigenvalue weighted by molar-refractivity contribution is 8.00. The van der Waals surface area contributed by atoms with Crippen molar-refractivity contribution in [3.63, 3.8) is 0 Å². The number of thioether (sulfide) groups is 1. The van der Waals surface area contributed by atoms with Crippen LogP contribution in [0.15, 0.2) is 46.4 Å². The highest BCUT2D eigenvalue weighted by atomic mass is 32.2. The molecule has 0 saturated carbocycles.